The van der Waals surface area contributed by atoms with Crippen molar-refractivity contribution in [2.24, 2.45) is 17.8 Å². The molecule has 1 saturated heterocycles. The van der Waals surface area contributed by atoms with Crippen LogP contribution in [0.5, 0.6) is 0 Å². The number of carbonyl (C=O) groups is 1. The molecule has 2 fully saturated rings. The van der Waals surface area contributed by atoms with E-state index in [0.717, 1.165) is 23.9 Å². The molecule has 0 bridgehead atoms. The molecule has 144 valence electrons. The third kappa shape index (κ3) is 3.18. The van der Waals surface area contributed by atoms with Crippen LogP contribution in [0.3, 0.4) is 0 Å². The first-order chi connectivity index (χ1) is 12.2. The number of hydrogen-bond acceptors (Lipinski definition) is 3. The van der Waals surface area contributed by atoms with Gasteiger partial charge in [0.05, 0.1) is 5.69 Å². The van der Waals surface area contributed by atoms with Crippen molar-refractivity contribution in [2.75, 3.05) is 18.4 Å². The van der Waals surface area contributed by atoms with Crippen molar-refractivity contribution in [3.8, 4) is 0 Å². The number of hydrogen-bond donors (Lipinski definition) is 1. The van der Waals surface area contributed by atoms with Crippen LogP contribution in [0.2, 0.25) is 0 Å². The first kappa shape index (κ1) is 17.7. The zero-order chi connectivity index (χ0) is 18.6. The number of fused-ring (bicyclic) bond motifs is 1. The van der Waals surface area contributed by atoms with Crippen molar-refractivity contribution in [3.05, 3.63) is 11.8 Å². The fourth-order valence-corrected chi connectivity index (χ4v) is 4.46. The number of aromatic nitrogens is 2. The Balaban J connectivity index is 1.43. The molecule has 1 aliphatic carbocycles. The van der Waals surface area contributed by atoms with E-state index in [9.17, 15) is 18.0 Å². The lowest BCUT2D eigenvalue weighted by atomic mass is 9.84. The van der Waals surface area contributed by atoms with Gasteiger partial charge in [0.2, 0.25) is 5.91 Å². The molecular weight excluding hydrogens is 345 g/mol. The molecule has 2 aliphatic heterocycles. The van der Waals surface area contributed by atoms with Crippen LogP contribution in [-0.2, 0) is 4.79 Å². The number of nitrogens with zero attached hydrogens (tertiary/aromatic N) is 3. The topological polar surface area (TPSA) is 50.2 Å². The Bertz CT molecular complexity index is 693. The van der Waals surface area contributed by atoms with Crippen molar-refractivity contribution < 1.29 is 18.0 Å². The van der Waals surface area contributed by atoms with Crippen molar-refractivity contribution in [2.45, 2.75) is 57.8 Å². The van der Waals surface area contributed by atoms with Gasteiger partial charge in [-0.1, -0.05) is 6.92 Å². The molecule has 8 heteroatoms. The Morgan fingerprint density at radius 3 is 2.50 bits per heavy atom. The Hall–Kier alpha value is -1.73. The van der Waals surface area contributed by atoms with Crippen LogP contribution in [0.1, 0.15) is 44.3 Å². The predicted molar refractivity (Wildman–Crippen MR) is 90.7 cm³/mol. The Morgan fingerprint density at radius 1 is 1.27 bits per heavy atom. The summed E-state index contributed by atoms with van der Waals surface area (Å²) in [7, 11) is 0. The van der Waals surface area contributed by atoms with Crippen LogP contribution in [-0.4, -0.2) is 45.9 Å². The zero-order valence-electron chi connectivity index (χ0n) is 15.1. The number of nitrogens with one attached hydrogen (secondary N) is 1. The minimum atomic E-state index is -4.31. The van der Waals surface area contributed by atoms with E-state index in [4.69, 9.17) is 0 Å². The summed E-state index contributed by atoms with van der Waals surface area (Å²) in [6.07, 6.45) is -1.84. The van der Waals surface area contributed by atoms with Crippen molar-refractivity contribution in [1.29, 1.82) is 0 Å². The summed E-state index contributed by atoms with van der Waals surface area (Å²) in [6, 6.07) is -0.135. The van der Waals surface area contributed by atoms with Gasteiger partial charge in [-0.3, -0.25) is 4.79 Å². The average molecular weight is 370 g/mol. The van der Waals surface area contributed by atoms with E-state index >= 15 is 0 Å². The maximum absolute atomic E-state index is 13.5. The second-order valence-electron chi connectivity index (χ2n) is 8.14. The van der Waals surface area contributed by atoms with Gasteiger partial charge in [-0.05, 0) is 44.4 Å². The van der Waals surface area contributed by atoms with E-state index in [1.807, 2.05) is 4.90 Å². The highest BCUT2D eigenvalue weighted by Gasteiger charge is 2.48. The summed E-state index contributed by atoms with van der Waals surface area (Å²) in [4.78, 5) is 14.3. The van der Waals surface area contributed by atoms with Gasteiger partial charge in [0.1, 0.15) is 5.82 Å². The molecule has 1 amide bonds. The lowest BCUT2D eigenvalue weighted by molar-refractivity contribution is -0.174. The summed E-state index contributed by atoms with van der Waals surface area (Å²) < 4.78 is 41.7. The highest BCUT2D eigenvalue weighted by molar-refractivity contribution is 5.81. The van der Waals surface area contributed by atoms with Gasteiger partial charge < -0.3 is 10.2 Å². The normalized spacial score (nSPS) is 32.1. The minimum absolute atomic E-state index is 0.00408. The molecule has 1 N–H and O–H groups in total. The molecule has 0 spiro atoms. The smallest absolute Gasteiger partial charge is 0.367 e. The predicted octanol–water partition coefficient (Wildman–Crippen LogP) is 3.37. The molecule has 0 aromatic carbocycles. The summed E-state index contributed by atoms with van der Waals surface area (Å²) in [5.74, 6) is 1.48. The van der Waals surface area contributed by atoms with E-state index in [0.29, 0.717) is 30.5 Å². The van der Waals surface area contributed by atoms with Crippen molar-refractivity contribution in [1.82, 2.24) is 14.7 Å². The average Bonchev–Trinajstić information content (AvgIpc) is 3.19. The quantitative estimate of drug-likeness (QED) is 0.868. The molecule has 2 unspecified atom stereocenters. The summed E-state index contributed by atoms with van der Waals surface area (Å²) in [5.41, 5.74) is 0.585. The van der Waals surface area contributed by atoms with Crippen LogP contribution in [0.15, 0.2) is 6.07 Å². The molecule has 1 saturated carbocycles. The maximum Gasteiger partial charge on any atom is 0.410 e. The van der Waals surface area contributed by atoms with Crippen LogP contribution in [0.25, 0.3) is 0 Å². The fourth-order valence-electron chi connectivity index (χ4n) is 4.46. The van der Waals surface area contributed by atoms with Gasteiger partial charge in [-0.25, -0.2) is 4.68 Å². The standard InChI is InChI=1S/C18H25F3N4O/c1-10-7-13(10)17(26)24-5-3-12(4-6-24)14-9-15(18(19,20)21)25-16(22-14)8-11(2)23-25/h8,10,12-15,22H,3-7,9H2,1-2H3/t10?,13?,14-,15+/m0/s1. The number of halogens is 3. The number of likely N-dealkylation sites (tertiary alicyclic amines) is 1. The minimum Gasteiger partial charge on any atom is -0.367 e. The maximum atomic E-state index is 13.5. The summed E-state index contributed by atoms with van der Waals surface area (Å²) >= 11 is 0. The van der Waals surface area contributed by atoms with Gasteiger partial charge in [-0.2, -0.15) is 18.3 Å². The number of anilines is 1. The molecule has 1 aromatic rings. The van der Waals surface area contributed by atoms with Crippen LogP contribution in [0, 0.1) is 24.7 Å². The Labute approximate surface area is 150 Å². The monoisotopic (exact) mass is 370 g/mol. The Kier molecular flexibility index (Phi) is 4.19. The van der Waals surface area contributed by atoms with E-state index < -0.39 is 12.2 Å². The van der Waals surface area contributed by atoms with Gasteiger partial charge in [0.25, 0.3) is 0 Å². The number of aryl methyl sites for hydroxylation is 1. The molecule has 0 radical (unpaired) electrons. The van der Waals surface area contributed by atoms with Crippen LogP contribution >= 0.6 is 0 Å². The fraction of sp³-hybridized carbons (Fsp3) is 0.778. The molecular formula is C18H25F3N4O. The number of rotatable bonds is 2. The lowest BCUT2D eigenvalue weighted by Gasteiger charge is -2.41. The third-order valence-corrected chi connectivity index (χ3v) is 6.19. The first-order valence-electron chi connectivity index (χ1n) is 9.42. The largest absolute Gasteiger partial charge is 0.410 e. The lowest BCUT2D eigenvalue weighted by Crippen LogP contribution is -2.47. The van der Waals surface area contributed by atoms with Gasteiger partial charge in [0, 0.05) is 31.1 Å². The van der Waals surface area contributed by atoms with Gasteiger partial charge >= 0.3 is 6.18 Å². The van der Waals surface area contributed by atoms with E-state index in [1.165, 1.54) is 0 Å². The molecule has 5 nitrogen and oxygen atoms in total. The second-order valence-corrected chi connectivity index (χ2v) is 8.14. The van der Waals surface area contributed by atoms with Gasteiger partial charge in [0.15, 0.2) is 6.04 Å². The molecule has 3 heterocycles. The zero-order valence-corrected chi connectivity index (χ0v) is 15.1. The highest BCUT2D eigenvalue weighted by Crippen LogP contribution is 2.43. The van der Waals surface area contributed by atoms with Crippen LogP contribution in [0.4, 0.5) is 19.0 Å². The number of piperidine rings is 1. The highest BCUT2D eigenvalue weighted by atomic mass is 19.4. The van der Waals surface area contributed by atoms with Gasteiger partial charge in [-0.15, -0.1) is 0 Å². The Morgan fingerprint density at radius 2 is 1.92 bits per heavy atom. The number of carbonyl (C=O) groups excluding carboxylic acids is 1. The molecule has 4 atom stereocenters. The third-order valence-electron chi connectivity index (χ3n) is 6.19. The molecule has 1 aromatic heterocycles. The molecule has 3 aliphatic rings. The number of amides is 1. The summed E-state index contributed by atoms with van der Waals surface area (Å²) in [5, 5.41) is 7.30. The van der Waals surface area contributed by atoms with Crippen molar-refractivity contribution >= 4 is 11.7 Å². The van der Waals surface area contributed by atoms with E-state index in [1.54, 1.807) is 13.0 Å². The van der Waals surface area contributed by atoms with Crippen molar-refractivity contribution in [3.63, 3.8) is 0 Å². The van der Waals surface area contributed by atoms with E-state index in [-0.39, 0.29) is 30.2 Å². The molecule has 26 heavy (non-hydrogen) atoms. The van der Waals surface area contributed by atoms with Crippen LogP contribution < -0.4 is 5.32 Å². The summed E-state index contributed by atoms with van der Waals surface area (Å²) in [6.45, 7) is 5.10. The molecule has 4 rings (SSSR count). The second kappa shape index (κ2) is 6.16. The SMILES string of the molecule is Cc1cc2n(n1)[C@@H](C(F)(F)F)C[C@@H](C1CCN(C(=O)C3CC3C)CC1)N2. The van der Waals surface area contributed by atoms with E-state index in [2.05, 4.69) is 17.3 Å². The first-order valence-corrected chi connectivity index (χ1v) is 9.42. The number of alkyl halides is 3.